The van der Waals surface area contributed by atoms with Gasteiger partial charge in [0.25, 0.3) is 11.5 Å². The molecule has 1 saturated heterocycles. The third-order valence-electron chi connectivity index (χ3n) is 6.42. The van der Waals surface area contributed by atoms with Crippen LogP contribution in [0.2, 0.25) is 0 Å². The van der Waals surface area contributed by atoms with Crippen LogP contribution >= 0.6 is 11.3 Å². The number of piperidine rings is 1. The van der Waals surface area contributed by atoms with Crippen LogP contribution in [0.1, 0.15) is 55.4 Å². The highest BCUT2D eigenvalue weighted by atomic mass is 32.1. The Morgan fingerprint density at radius 3 is 2.27 bits per heavy atom. The van der Waals surface area contributed by atoms with Crippen molar-refractivity contribution in [1.82, 2.24) is 19.7 Å². The molecule has 0 saturated carbocycles. The van der Waals surface area contributed by atoms with E-state index in [-0.39, 0.29) is 23.2 Å². The molecule has 1 amide bonds. The Morgan fingerprint density at radius 1 is 1.00 bits per heavy atom. The molecule has 1 aliphatic heterocycles. The van der Waals surface area contributed by atoms with E-state index in [2.05, 4.69) is 10.1 Å². The highest BCUT2D eigenvalue weighted by Gasteiger charge is 2.30. The SMILES string of the molecule is Cc1ccc(C(=O)C2CCN(C(=O)c3sc(-c4c(C)c(C)nn(C)c4=O)nc3C)CC2)cc1. The van der Waals surface area contributed by atoms with Crippen LogP contribution in [0.5, 0.6) is 0 Å². The van der Waals surface area contributed by atoms with Gasteiger partial charge in [0.1, 0.15) is 9.88 Å². The van der Waals surface area contributed by atoms with Gasteiger partial charge in [-0.2, -0.15) is 5.10 Å². The highest BCUT2D eigenvalue weighted by Crippen LogP contribution is 2.31. The van der Waals surface area contributed by atoms with Gasteiger partial charge in [0.15, 0.2) is 5.78 Å². The minimum Gasteiger partial charge on any atom is -0.338 e. The van der Waals surface area contributed by atoms with Crippen molar-refractivity contribution in [1.29, 1.82) is 0 Å². The average Bonchev–Trinajstić information content (AvgIpc) is 3.18. The summed E-state index contributed by atoms with van der Waals surface area (Å²) in [6.07, 6.45) is 1.29. The van der Waals surface area contributed by atoms with Crippen LogP contribution in [0.3, 0.4) is 0 Å². The number of thiazole rings is 1. The van der Waals surface area contributed by atoms with Crippen molar-refractivity contribution in [2.24, 2.45) is 13.0 Å². The second-order valence-electron chi connectivity index (χ2n) is 8.74. The summed E-state index contributed by atoms with van der Waals surface area (Å²) in [6, 6.07) is 7.67. The van der Waals surface area contributed by atoms with Crippen molar-refractivity contribution in [2.45, 2.75) is 40.5 Å². The van der Waals surface area contributed by atoms with Crippen LogP contribution in [-0.4, -0.2) is 44.4 Å². The quantitative estimate of drug-likeness (QED) is 0.547. The van der Waals surface area contributed by atoms with Crippen LogP contribution in [0, 0.1) is 33.6 Å². The lowest BCUT2D eigenvalue weighted by Gasteiger charge is -2.31. The van der Waals surface area contributed by atoms with E-state index in [1.807, 2.05) is 45.0 Å². The molecule has 7 nitrogen and oxygen atoms in total. The standard InChI is InChI=1S/C25H28N4O3S/c1-14-6-8-18(9-7-14)21(30)19-10-12-29(13-11-19)25(32)22-17(4)26-23(33-22)20-15(2)16(3)27-28(5)24(20)31/h6-9,19H,10-13H2,1-5H3. The number of ketones is 1. The van der Waals surface area contributed by atoms with E-state index in [0.29, 0.717) is 47.1 Å². The van der Waals surface area contributed by atoms with Crippen LogP contribution in [0.4, 0.5) is 0 Å². The lowest BCUT2D eigenvalue weighted by atomic mass is 9.88. The maximum atomic E-state index is 13.3. The van der Waals surface area contributed by atoms with Crippen molar-refractivity contribution < 1.29 is 9.59 Å². The summed E-state index contributed by atoms with van der Waals surface area (Å²) in [7, 11) is 1.62. The number of carbonyl (C=O) groups excluding carboxylic acids is 2. The van der Waals surface area contributed by atoms with E-state index in [4.69, 9.17) is 0 Å². The number of Topliss-reactive ketones (excluding diaryl/α,β-unsaturated/α-hetero) is 1. The lowest BCUT2D eigenvalue weighted by Crippen LogP contribution is -2.40. The van der Waals surface area contributed by atoms with Crippen LogP contribution in [0.25, 0.3) is 10.6 Å². The van der Waals surface area contributed by atoms with Gasteiger partial charge >= 0.3 is 0 Å². The maximum absolute atomic E-state index is 13.3. The Bertz CT molecular complexity index is 1280. The topological polar surface area (TPSA) is 85.2 Å². The molecule has 2 aromatic heterocycles. The minimum absolute atomic E-state index is 0.0691. The number of carbonyl (C=O) groups is 2. The van der Waals surface area contributed by atoms with Gasteiger partial charge < -0.3 is 4.90 Å². The maximum Gasteiger partial charge on any atom is 0.277 e. The van der Waals surface area contributed by atoms with Gasteiger partial charge in [0, 0.05) is 31.6 Å². The van der Waals surface area contributed by atoms with Gasteiger partial charge in [-0.1, -0.05) is 29.8 Å². The van der Waals surface area contributed by atoms with Gasteiger partial charge in [-0.05, 0) is 46.1 Å². The molecule has 172 valence electrons. The molecule has 8 heteroatoms. The van der Waals surface area contributed by atoms with Crippen LogP contribution in [0.15, 0.2) is 29.1 Å². The lowest BCUT2D eigenvalue weighted by molar-refractivity contribution is 0.0653. The van der Waals surface area contributed by atoms with Gasteiger partial charge in [-0.25, -0.2) is 9.67 Å². The summed E-state index contributed by atoms with van der Waals surface area (Å²) >= 11 is 1.26. The number of hydrogen-bond donors (Lipinski definition) is 0. The fraction of sp³-hybridized carbons (Fsp3) is 0.400. The highest BCUT2D eigenvalue weighted by molar-refractivity contribution is 7.17. The first-order valence-electron chi connectivity index (χ1n) is 11.1. The molecule has 3 aromatic rings. The Kier molecular flexibility index (Phi) is 6.30. The second-order valence-corrected chi connectivity index (χ2v) is 9.74. The van der Waals surface area contributed by atoms with E-state index in [1.165, 1.54) is 16.0 Å². The zero-order valence-corrected chi connectivity index (χ0v) is 20.5. The molecule has 33 heavy (non-hydrogen) atoms. The van der Waals surface area contributed by atoms with E-state index < -0.39 is 0 Å². The molecule has 1 fully saturated rings. The minimum atomic E-state index is -0.221. The molecular weight excluding hydrogens is 436 g/mol. The number of aryl methyl sites for hydroxylation is 4. The summed E-state index contributed by atoms with van der Waals surface area (Å²) in [6.45, 7) is 8.57. The molecule has 0 atom stereocenters. The molecule has 0 N–H and O–H groups in total. The molecule has 1 aliphatic rings. The first kappa shape index (κ1) is 23.0. The third-order valence-corrected chi connectivity index (χ3v) is 7.58. The molecule has 0 aliphatic carbocycles. The molecule has 0 spiro atoms. The number of aromatic nitrogens is 3. The molecule has 0 bridgehead atoms. The number of rotatable bonds is 4. The molecule has 3 heterocycles. The van der Waals surface area contributed by atoms with Crippen molar-refractivity contribution in [3.63, 3.8) is 0 Å². The Morgan fingerprint density at radius 2 is 1.64 bits per heavy atom. The molecule has 0 unspecified atom stereocenters. The number of likely N-dealkylation sites (tertiary alicyclic amines) is 1. The van der Waals surface area contributed by atoms with E-state index in [1.54, 1.807) is 18.9 Å². The first-order valence-corrected chi connectivity index (χ1v) is 11.9. The van der Waals surface area contributed by atoms with Gasteiger partial charge in [0.2, 0.25) is 0 Å². The summed E-state index contributed by atoms with van der Waals surface area (Å²) < 4.78 is 1.31. The Balaban J connectivity index is 1.51. The molecule has 4 rings (SSSR count). The molecular formula is C25H28N4O3S. The van der Waals surface area contributed by atoms with Crippen molar-refractivity contribution >= 4 is 23.0 Å². The van der Waals surface area contributed by atoms with Gasteiger partial charge in [0.05, 0.1) is 17.0 Å². The zero-order chi connectivity index (χ0) is 23.9. The molecule has 0 radical (unpaired) electrons. The van der Waals surface area contributed by atoms with E-state index in [9.17, 15) is 14.4 Å². The van der Waals surface area contributed by atoms with E-state index >= 15 is 0 Å². The van der Waals surface area contributed by atoms with Gasteiger partial charge in [-0.3, -0.25) is 14.4 Å². The fourth-order valence-corrected chi connectivity index (χ4v) is 5.37. The monoisotopic (exact) mass is 464 g/mol. The van der Waals surface area contributed by atoms with Crippen molar-refractivity contribution in [2.75, 3.05) is 13.1 Å². The molecule has 1 aromatic carbocycles. The van der Waals surface area contributed by atoms with Crippen LogP contribution < -0.4 is 5.56 Å². The Hall–Kier alpha value is -3.13. The Labute approximate surface area is 197 Å². The van der Waals surface area contributed by atoms with Gasteiger partial charge in [-0.15, -0.1) is 11.3 Å². The zero-order valence-electron chi connectivity index (χ0n) is 19.6. The third kappa shape index (κ3) is 4.39. The van der Waals surface area contributed by atoms with Crippen molar-refractivity contribution in [3.8, 4) is 10.6 Å². The summed E-state index contributed by atoms with van der Waals surface area (Å²) in [5.74, 6) is -0.00388. The first-order chi connectivity index (χ1) is 15.7. The summed E-state index contributed by atoms with van der Waals surface area (Å²) in [5.41, 5.74) is 4.29. The number of hydrogen-bond acceptors (Lipinski definition) is 6. The number of benzene rings is 1. The average molecular weight is 465 g/mol. The predicted molar refractivity (Wildman–Crippen MR) is 129 cm³/mol. The summed E-state index contributed by atoms with van der Waals surface area (Å²) in [4.78, 5) is 45.7. The fourth-order valence-electron chi connectivity index (χ4n) is 4.24. The normalized spacial score (nSPS) is 14.5. The van der Waals surface area contributed by atoms with Crippen molar-refractivity contribution in [3.05, 3.63) is 67.6 Å². The number of nitrogens with zero attached hydrogens (tertiary/aromatic N) is 4. The van der Waals surface area contributed by atoms with E-state index in [0.717, 1.165) is 22.4 Å². The number of amides is 1. The predicted octanol–water partition coefficient (Wildman–Crippen LogP) is 3.87. The smallest absolute Gasteiger partial charge is 0.277 e. The summed E-state index contributed by atoms with van der Waals surface area (Å²) in [5, 5.41) is 4.77. The van der Waals surface area contributed by atoms with Crippen LogP contribution in [-0.2, 0) is 7.05 Å². The largest absolute Gasteiger partial charge is 0.338 e. The second kappa shape index (κ2) is 9.02.